The molecule has 6 nitrogen and oxygen atoms in total. The van der Waals surface area contributed by atoms with Crippen molar-refractivity contribution in [3.05, 3.63) is 69.6 Å². The zero-order chi connectivity index (χ0) is 21.6. The molecule has 162 valence electrons. The molecule has 0 atom stereocenters. The molecule has 2 aromatic carbocycles. The topological polar surface area (TPSA) is 63.7 Å². The van der Waals surface area contributed by atoms with Gasteiger partial charge in [-0.05, 0) is 61.4 Å². The van der Waals surface area contributed by atoms with E-state index in [9.17, 15) is 4.79 Å². The van der Waals surface area contributed by atoms with Gasteiger partial charge in [0.05, 0.1) is 7.11 Å². The lowest BCUT2D eigenvalue weighted by Crippen LogP contribution is -2.44. The van der Waals surface area contributed by atoms with E-state index < -0.39 is 0 Å². The number of nitrogens with one attached hydrogen (secondary N) is 1. The van der Waals surface area contributed by atoms with Gasteiger partial charge in [0.25, 0.3) is 5.91 Å². The molecule has 0 unspecified atom stereocenters. The number of hydrogen-bond acceptors (Lipinski definition) is 6. The van der Waals surface area contributed by atoms with E-state index >= 15 is 0 Å². The quantitative estimate of drug-likeness (QED) is 0.553. The summed E-state index contributed by atoms with van der Waals surface area (Å²) in [4.78, 5) is 19.4. The number of methoxy groups -OCH3 is 1. The first-order valence-corrected chi connectivity index (χ1v) is 11.4. The second kappa shape index (κ2) is 10.0. The highest BCUT2D eigenvalue weighted by molar-refractivity contribution is 7.09. The lowest BCUT2D eigenvalue weighted by molar-refractivity contribution is 0.0926. The molecule has 1 saturated heterocycles. The number of nitrogens with zero attached hydrogens (tertiary/aromatic N) is 2. The third-order valence-corrected chi connectivity index (χ3v) is 6.30. The number of anilines is 1. The Bertz CT molecular complexity index is 1000. The Morgan fingerprint density at radius 3 is 2.48 bits per heavy atom. The minimum Gasteiger partial charge on any atom is -0.497 e. The van der Waals surface area contributed by atoms with Crippen molar-refractivity contribution in [1.82, 2.24) is 10.3 Å². The number of piperidine rings is 1. The van der Waals surface area contributed by atoms with Crippen LogP contribution in [-0.4, -0.2) is 37.1 Å². The van der Waals surface area contributed by atoms with Gasteiger partial charge < -0.3 is 19.7 Å². The van der Waals surface area contributed by atoms with Gasteiger partial charge in [-0.2, -0.15) is 0 Å². The predicted octanol–water partition coefficient (Wildman–Crippen LogP) is 4.78. The van der Waals surface area contributed by atoms with E-state index in [1.165, 1.54) is 17.0 Å². The van der Waals surface area contributed by atoms with Gasteiger partial charge >= 0.3 is 0 Å². The molecule has 3 aromatic rings. The third-order valence-electron chi connectivity index (χ3n) is 5.23. The minimum absolute atomic E-state index is 0.128. The van der Waals surface area contributed by atoms with Gasteiger partial charge in [0.15, 0.2) is 0 Å². The molecule has 1 aromatic heterocycles. The number of benzene rings is 2. The fourth-order valence-corrected chi connectivity index (χ4v) is 4.30. The molecule has 0 aliphatic carbocycles. The van der Waals surface area contributed by atoms with E-state index in [-0.39, 0.29) is 11.9 Å². The summed E-state index contributed by atoms with van der Waals surface area (Å²) in [5.74, 6) is 1.44. The molecule has 8 heteroatoms. The number of carbonyl (C=O) groups is 1. The third kappa shape index (κ3) is 5.68. The average molecular weight is 458 g/mol. The van der Waals surface area contributed by atoms with Crippen molar-refractivity contribution in [3.63, 3.8) is 0 Å². The largest absolute Gasteiger partial charge is 0.497 e. The monoisotopic (exact) mass is 457 g/mol. The van der Waals surface area contributed by atoms with Crippen molar-refractivity contribution in [2.45, 2.75) is 25.5 Å². The minimum atomic E-state index is -0.128. The normalized spacial score (nSPS) is 14.3. The number of amides is 1. The molecule has 31 heavy (non-hydrogen) atoms. The van der Waals surface area contributed by atoms with E-state index in [4.69, 9.17) is 21.1 Å². The molecule has 2 heterocycles. The molecule has 1 aliphatic heterocycles. The number of carbonyl (C=O) groups excluding carboxylic acids is 1. The van der Waals surface area contributed by atoms with Crippen LogP contribution in [0.4, 0.5) is 5.69 Å². The van der Waals surface area contributed by atoms with E-state index in [0.29, 0.717) is 23.1 Å². The van der Waals surface area contributed by atoms with Crippen LogP contribution < -0.4 is 19.7 Å². The fourth-order valence-electron chi connectivity index (χ4n) is 3.49. The Hall–Kier alpha value is -2.77. The first-order valence-electron chi connectivity index (χ1n) is 10.1. The summed E-state index contributed by atoms with van der Waals surface area (Å²) in [5.41, 5.74) is 1.62. The smallest absolute Gasteiger partial charge is 0.270 e. The highest BCUT2D eigenvalue weighted by Gasteiger charge is 2.22. The highest BCUT2D eigenvalue weighted by Crippen LogP contribution is 2.23. The maximum atomic E-state index is 12.6. The molecular formula is C23H24ClN3O3S. The first kappa shape index (κ1) is 21.5. The Labute approximate surface area is 190 Å². The van der Waals surface area contributed by atoms with Crippen LogP contribution in [0.2, 0.25) is 5.02 Å². The Morgan fingerprint density at radius 2 is 1.81 bits per heavy atom. The Balaban J connectivity index is 1.25. The van der Waals surface area contributed by atoms with Crippen molar-refractivity contribution in [1.29, 1.82) is 0 Å². The van der Waals surface area contributed by atoms with E-state index in [1.54, 1.807) is 24.6 Å². The zero-order valence-electron chi connectivity index (χ0n) is 17.2. The molecule has 0 bridgehead atoms. The SMILES string of the molecule is COc1ccc(N2CCC(NC(=O)c3csc(COc4ccc(Cl)cc4)n3)CC2)cc1. The maximum Gasteiger partial charge on any atom is 0.270 e. The summed E-state index contributed by atoms with van der Waals surface area (Å²) < 4.78 is 10.9. The second-order valence-electron chi connectivity index (χ2n) is 7.30. The van der Waals surface area contributed by atoms with Crippen molar-refractivity contribution in [3.8, 4) is 11.5 Å². The van der Waals surface area contributed by atoms with E-state index in [1.807, 2.05) is 24.3 Å². The van der Waals surface area contributed by atoms with Gasteiger partial charge in [-0.25, -0.2) is 4.98 Å². The van der Waals surface area contributed by atoms with Gasteiger partial charge in [0, 0.05) is 35.2 Å². The van der Waals surface area contributed by atoms with Crippen molar-refractivity contribution in [2.24, 2.45) is 0 Å². The maximum absolute atomic E-state index is 12.6. The molecule has 0 saturated carbocycles. The Kier molecular flexibility index (Phi) is 6.94. The summed E-state index contributed by atoms with van der Waals surface area (Å²) in [6, 6.07) is 15.4. The molecule has 1 amide bonds. The Morgan fingerprint density at radius 1 is 1.13 bits per heavy atom. The van der Waals surface area contributed by atoms with E-state index in [0.717, 1.165) is 36.7 Å². The van der Waals surface area contributed by atoms with Crippen LogP contribution in [-0.2, 0) is 6.61 Å². The summed E-state index contributed by atoms with van der Waals surface area (Å²) in [6.07, 6.45) is 1.79. The fraction of sp³-hybridized carbons (Fsp3) is 0.304. The zero-order valence-corrected chi connectivity index (χ0v) is 18.8. The summed E-state index contributed by atoms with van der Waals surface area (Å²) >= 11 is 7.30. The van der Waals surface area contributed by atoms with Crippen LogP contribution in [0.5, 0.6) is 11.5 Å². The number of thiazole rings is 1. The molecule has 1 fully saturated rings. The van der Waals surface area contributed by atoms with Gasteiger partial charge in [-0.3, -0.25) is 4.79 Å². The first-order chi connectivity index (χ1) is 15.1. The van der Waals surface area contributed by atoms with E-state index in [2.05, 4.69) is 27.3 Å². The average Bonchev–Trinajstić information content (AvgIpc) is 3.29. The van der Waals surface area contributed by atoms with Gasteiger partial charge in [-0.15, -0.1) is 11.3 Å². The van der Waals surface area contributed by atoms with Gasteiger partial charge in [0.2, 0.25) is 0 Å². The van der Waals surface area contributed by atoms with Crippen molar-refractivity contribution in [2.75, 3.05) is 25.1 Å². The number of rotatable bonds is 7. The molecular weight excluding hydrogens is 434 g/mol. The summed E-state index contributed by atoms with van der Waals surface area (Å²) in [7, 11) is 1.67. The van der Waals surface area contributed by atoms with Crippen LogP contribution in [0.1, 0.15) is 28.3 Å². The van der Waals surface area contributed by atoms with Crippen LogP contribution in [0, 0.1) is 0 Å². The summed E-state index contributed by atoms with van der Waals surface area (Å²) in [6.45, 7) is 2.11. The number of halogens is 1. The number of ether oxygens (including phenoxy) is 2. The van der Waals surface area contributed by atoms with Gasteiger partial charge in [0.1, 0.15) is 28.8 Å². The molecule has 1 aliphatic rings. The predicted molar refractivity (Wildman–Crippen MR) is 124 cm³/mol. The lowest BCUT2D eigenvalue weighted by atomic mass is 10.0. The van der Waals surface area contributed by atoms with Crippen LogP contribution in [0.25, 0.3) is 0 Å². The lowest BCUT2D eigenvalue weighted by Gasteiger charge is -2.33. The second-order valence-corrected chi connectivity index (χ2v) is 8.68. The number of hydrogen-bond donors (Lipinski definition) is 1. The summed E-state index contributed by atoms with van der Waals surface area (Å²) in [5, 5.41) is 6.32. The van der Waals surface area contributed by atoms with Crippen LogP contribution in [0.15, 0.2) is 53.9 Å². The van der Waals surface area contributed by atoms with Crippen LogP contribution in [0.3, 0.4) is 0 Å². The number of aromatic nitrogens is 1. The molecule has 4 rings (SSSR count). The standard InChI is InChI=1S/C23H24ClN3O3S/c1-29-19-8-4-18(5-9-19)27-12-10-17(11-13-27)25-23(28)21-15-31-22(26-21)14-30-20-6-2-16(24)3-7-20/h2-9,15,17H,10-14H2,1H3,(H,25,28). The molecule has 1 N–H and O–H groups in total. The highest BCUT2D eigenvalue weighted by atomic mass is 35.5. The molecule has 0 radical (unpaired) electrons. The van der Waals surface area contributed by atoms with Crippen molar-refractivity contribution < 1.29 is 14.3 Å². The van der Waals surface area contributed by atoms with Crippen LogP contribution >= 0.6 is 22.9 Å². The van der Waals surface area contributed by atoms with Crippen molar-refractivity contribution >= 4 is 34.5 Å². The molecule has 0 spiro atoms. The van der Waals surface area contributed by atoms with Gasteiger partial charge in [-0.1, -0.05) is 11.6 Å².